The van der Waals surface area contributed by atoms with Crippen molar-refractivity contribution in [1.29, 1.82) is 0 Å². The van der Waals surface area contributed by atoms with E-state index in [1.807, 2.05) is 0 Å². The minimum atomic E-state index is 0.486. The second-order valence-electron chi connectivity index (χ2n) is 6.21. The zero-order valence-corrected chi connectivity index (χ0v) is 13.0. The van der Waals surface area contributed by atoms with Gasteiger partial charge in [-0.2, -0.15) is 0 Å². The Labute approximate surface area is 126 Å². The molecule has 1 aliphatic carbocycles. The average Bonchev–Trinajstić information content (AvgIpc) is 2.46. The lowest BCUT2D eigenvalue weighted by molar-refractivity contribution is 0.436. The van der Waals surface area contributed by atoms with Gasteiger partial charge in [0.2, 0.25) is 0 Å². The molecule has 1 saturated heterocycles. The lowest BCUT2D eigenvalue weighted by Crippen LogP contribution is -2.35. The number of anilines is 1. The number of aromatic nitrogens is 1. The summed E-state index contributed by atoms with van der Waals surface area (Å²) >= 11 is 5.26. The smallest absolute Gasteiger partial charge is 0.139 e. The summed E-state index contributed by atoms with van der Waals surface area (Å²) in [5.41, 5.74) is 9.55. The first kappa shape index (κ1) is 13.8. The fraction of sp³-hybridized carbons (Fsp3) is 0.625. The molecule has 0 radical (unpaired) electrons. The van der Waals surface area contributed by atoms with Crippen LogP contribution in [0.5, 0.6) is 0 Å². The molecule has 3 rings (SSSR count). The second kappa shape index (κ2) is 5.68. The highest BCUT2D eigenvalue weighted by Gasteiger charge is 2.23. The van der Waals surface area contributed by atoms with E-state index in [1.54, 1.807) is 0 Å². The summed E-state index contributed by atoms with van der Waals surface area (Å²) in [5.74, 6) is 1.85. The van der Waals surface area contributed by atoms with Crippen LogP contribution in [0.4, 0.5) is 5.82 Å². The second-order valence-corrected chi connectivity index (χ2v) is 6.65. The number of piperidine rings is 1. The molecule has 1 aliphatic heterocycles. The Morgan fingerprint density at radius 1 is 1.30 bits per heavy atom. The lowest BCUT2D eigenvalue weighted by Gasteiger charge is -2.33. The van der Waals surface area contributed by atoms with Gasteiger partial charge < -0.3 is 10.6 Å². The molecule has 2 aliphatic rings. The van der Waals surface area contributed by atoms with Crippen LogP contribution in [0.3, 0.4) is 0 Å². The summed E-state index contributed by atoms with van der Waals surface area (Å²) < 4.78 is 0. The van der Waals surface area contributed by atoms with E-state index in [4.69, 9.17) is 22.9 Å². The maximum absolute atomic E-state index is 5.95. The quantitative estimate of drug-likeness (QED) is 0.850. The Kier molecular flexibility index (Phi) is 3.92. The van der Waals surface area contributed by atoms with Crippen LogP contribution in [-0.2, 0) is 12.8 Å². The van der Waals surface area contributed by atoms with Crippen LogP contribution >= 0.6 is 12.2 Å². The molecule has 2 N–H and O–H groups in total. The lowest BCUT2D eigenvalue weighted by atomic mass is 9.94. The molecule has 0 saturated carbocycles. The summed E-state index contributed by atoms with van der Waals surface area (Å²) in [6, 6.07) is 2.21. The molecule has 0 atom stereocenters. The van der Waals surface area contributed by atoms with Crippen LogP contribution in [0.25, 0.3) is 0 Å². The van der Waals surface area contributed by atoms with Crippen molar-refractivity contribution in [3.8, 4) is 0 Å². The van der Waals surface area contributed by atoms with Crippen molar-refractivity contribution < 1.29 is 0 Å². The summed E-state index contributed by atoms with van der Waals surface area (Å²) in [4.78, 5) is 7.81. The van der Waals surface area contributed by atoms with Crippen molar-refractivity contribution in [1.82, 2.24) is 4.98 Å². The summed E-state index contributed by atoms with van der Waals surface area (Å²) in [7, 11) is 0. The maximum atomic E-state index is 5.95. The van der Waals surface area contributed by atoms with Crippen molar-refractivity contribution in [3.63, 3.8) is 0 Å². The third-order valence-corrected chi connectivity index (χ3v) is 4.85. The highest BCUT2D eigenvalue weighted by molar-refractivity contribution is 7.80. The topological polar surface area (TPSA) is 42.2 Å². The first-order valence-electron chi connectivity index (χ1n) is 7.72. The normalized spacial score (nSPS) is 19.8. The Morgan fingerprint density at radius 2 is 2.00 bits per heavy atom. The molecule has 0 aromatic carbocycles. The Morgan fingerprint density at radius 3 is 2.70 bits per heavy atom. The first-order chi connectivity index (χ1) is 9.65. The summed E-state index contributed by atoms with van der Waals surface area (Å²) in [6.45, 7) is 4.47. The van der Waals surface area contributed by atoms with E-state index in [0.717, 1.165) is 43.2 Å². The number of fused-ring (bicyclic) bond motifs is 1. The van der Waals surface area contributed by atoms with Gasteiger partial charge in [0.25, 0.3) is 0 Å². The van der Waals surface area contributed by atoms with Crippen molar-refractivity contribution in [2.24, 2.45) is 11.7 Å². The largest absolute Gasteiger partial charge is 0.389 e. The molecule has 4 heteroatoms. The summed E-state index contributed by atoms with van der Waals surface area (Å²) in [6.07, 6.45) is 7.19. The molecule has 0 unspecified atom stereocenters. The Hall–Kier alpha value is -1.16. The SMILES string of the molecule is CC1CCN(c2nc3c(cc2C(N)=S)CCCC3)CC1. The molecular weight excluding hydrogens is 266 g/mol. The standard InChI is InChI=1S/C16H23N3S/c1-11-6-8-19(9-7-11)16-13(15(17)20)10-12-4-2-3-5-14(12)18-16/h10-11H,2-9H2,1H3,(H2,17,20). The van der Waals surface area contributed by atoms with Gasteiger partial charge in [-0.15, -0.1) is 0 Å². The van der Waals surface area contributed by atoms with Crippen LogP contribution in [0, 0.1) is 5.92 Å². The van der Waals surface area contributed by atoms with Crippen LogP contribution in [0.15, 0.2) is 6.07 Å². The highest BCUT2D eigenvalue weighted by atomic mass is 32.1. The van der Waals surface area contributed by atoms with E-state index in [0.29, 0.717) is 4.99 Å². The van der Waals surface area contributed by atoms with E-state index in [-0.39, 0.29) is 0 Å². The van der Waals surface area contributed by atoms with Gasteiger partial charge in [0.15, 0.2) is 0 Å². The zero-order valence-electron chi connectivity index (χ0n) is 12.2. The number of thiocarbonyl (C=S) groups is 1. The predicted octanol–water partition coefficient (Wildman–Crippen LogP) is 2.83. The number of aryl methyl sites for hydroxylation is 2. The molecule has 0 spiro atoms. The minimum absolute atomic E-state index is 0.486. The van der Waals surface area contributed by atoms with Gasteiger partial charge in [0.1, 0.15) is 10.8 Å². The fourth-order valence-electron chi connectivity index (χ4n) is 3.27. The minimum Gasteiger partial charge on any atom is -0.389 e. The molecule has 108 valence electrons. The number of hydrogen-bond acceptors (Lipinski definition) is 3. The first-order valence-corrected chi connectivity index (χ1v) is 8.13. The molecule has 1 aromatic rings. The van der Waals surface area contributed by atoms with Gasteiger partial charge in [0, 0.05) is 18.8 Å². The third kappa shape index (κ3) is 2.66. The Balaban J connectivity index is 1.97. The van der Waals surface area contributed by atoms with Crippen LogP contribution < -0.4 is 10.6 Å². The number of rotatable bonds is 2. The third-order valence-electron chi connectivity index (χ3n) is 4.63. The number of hydrogen-bond donors (Lipinski definition) is 1. The molecule has 1 fully saturated rings. The van der Waals surface area contributed by atoms with E-state index in [9.17, 15) is 0 Å². The van der Waals surface area contributed by atoms with Gasteiger partial charge in [-0.25, -0.2) is 4.98 Å². The number of nitrogens with two attached hydrogens (primary N) is 1. The van der Waals surface area contributed by atoms with Crippen molar-refractivity contribution in [2.75, 3.05) is 18.0 Å². The van der Waals surface area contributed by atoms with Crippen molar-refractivity contribution in [2.45, 2.75) is 45.4 Å². The van der Waals surface area contributed by atoms with Gasteiger partial charge in [0.05, 0.1) is 5.56 Å². The van der Waals surface area contributed by atoms with Crippen LogP contribution in [0.2, 0.25) is 0 Å². The van der Waals surface area contributed by atoms with E-state index in [1.165, 1.54) is 36.9 Å². The van der Waals surface area contributed by atoms with Crippen molar-refractivity contribution >= 4 is 23.0 Å². The zero-order chi connectivity index (χ0) is 14.1. The monoisotopic (exact) mass is 289 g/mol. The molecule has 20 heavy (non-hydrogen) atoms. The number of pyridine rings is 1. The molecule has 0 bridgehead atoms. The molecule has 3 nitrogen and oxygen atoms in total. The van der Waals surface area contributed by atoms with Gasteiger partial charge in [-0.05, 0) is 56.1 Å². The number of nitrogens with zero attached hydrogens (tertiary/aromatic N) is 2. The van der Waals surface area contributed by atoms with Crippen LogP contribution in [0.1, 0.15) is 49.4 Å². The molecule has 2 heterocycles. The van der Waals surface area contributed by atoms with Gasteiger partial charge >= 0.3 is 0 Å². The molecular formula is C16H23N3S. The average molecular weight is 289 g/mol. The molecule has 1 aromatic heterocycles. The fourth-order valence-corrected chi connectivity index (χ4v) is 3.42. The Bertz CT molecular complexity index is 519. The van der Waals surface area contributed by atoms with Crippen molar-refractivity contribution in [3.05, 3.63) is 22.9 Å². The van der Waals surface area contributed by atoms with Gasteiger partial charge in [-0.1, -0.05) is 19.1 Å². The van der Waals surface area contributed by atoms with E-state index >= 15 is 0 Å². The van der Waals surface area contributed by atoms with Gasteiger partial charge in [-0.3, -0.25) is 0 Å². The highest BCUT2D eigenvalue weighted by Crippen LogP contribution is 2.29. The van der Waals surface area contributed by atoms with Crippen LogP contribution in [-0.4, -0.2) is 23.1 Å². The van der Waals surface area contributed by atoms with E-state index in [2.05, 4.69) is 17.9 Å². The summed E-state index contributed by atoms with van der Waals surface area (Å²) in [5, 5.41) is 0. The molecule has 0 amide bonds. The predicted molar refractivity (Wildman–Crippen MR) is 87.4 cm³/mol. The van der Waals surface area contributed by atoms with E-state index < -0.39 is 0 Å². The maximum Gasteiger partial charge on any atom is 0.139 e.